The van der Waals surface area contributed by atoms with E-state index in [1.54, 1.807) is 0 Å². The van der Waals surface area contributed by atoms with Gasteiger partial charge in [0.15, 0.2) is 0 Å². The van der Waals surface area contributed by atoms with Crippen LogP contribution in [0.5, 0.6) is 0 Å². The lowest BCUT2D eigenvalue weighted by molar-refractivity contribution is -0.138. The smallest absolute Gasteiger partial charge is 0.322 e. The Morgan fingerprint density at radius 1 is 0.230 bits per heavy atom. The number of nitrogens with two attached hydrogens (primary N) is 1. The highest BCUT2D eigenvalue weighted by molar-refractivity contribution is 5.95. The van der Waals surface area contributed by atoms with Gasteiger partial charge in [-0.15, -0.1) is 0 Å². The summed E-state index contributed by atoms with van der Waals surface area (Å²) in [6.45, 7) is -8.33. The largest absolute Gasteiger partial charge is 0.480 e. The van der Waals surface area contributed by atoms with Gasteiger partial charge >= 0.3 is 5.97 Å². The van der Waals surface area contributed by atoms with E-state index in [-0.39, 0.29) is 6.54 Å². The van der Waals surface area contributed by atoms with E-state index in [0.29, 0.717) is 0 Å². The highest BCUT2D eigenvalue weighted by Crippen LogP contribution is 1.76. The monoisotopic (exact) mass is 873 g/mol. The molecular weight excluding hydrogens is 826 g/mol. The van der Waals surface area contributed by atoms with E-state index in [4.69, 9.17) is 10.8 Å². The number of carbonyl (C=O) groups excluding carboxylic acids is 14. The van der Waals surface area contributed by atoms with E-state index >= 15 is 0 Å². The van der Waals surface area contributed by atoms with Crippen LogP contribution >= 0.6 is 0 Å². The normalized spacial score (nSPS) is 9.79. The number of carboxylic acids is 1. The van der Waals surface area contributed by atoms with Crippen LogP contribution in [0, 0.1) is 0 Å². The van der Waals surface area contributed by atoms with Gasteiger partial charge in [0, 0.05) is 0 Å². The summed E-state index contributed by atoms with van der Waals surface area (Å²) in [5.74, 6) is -12.1. The predicted molar refractivity (Wildman–Crippen MR) is 199 cm³/mol. The van der Waals surface area contributed by atoms with Crippen molar-refractivity contribution in [2.45, 2.75) is 0 Å². The summed E-state index contributed by atoms with van der Waals surface area (Å²) in [7, 11) is 0. The summed E-state index contributed by atoms with van der Waals surface area (Å²) in [4.78, 5) is 174. The van der Waals surface area contributed by atoms with Crippen LogP contribution < -0.4 is 80.2 Å². The second-order valence-electron chi connectivity index (χ2n) is 11.5. The molecule has 0 aliphatic rings. The summed E-state index contributed by atoms with van der Waals surface area (Å²) in [6, 6.07) is 0. The van der Waals surface area contributed by atoms with Crippen LogP contribution in [-0.2, 0) is 71.9 Å². The molecule has 0 atom stereocenters. The number of nitrogens with one attached hydrogen (secondary N) is 14. The number of rotatable bonds is 29. The van der Waals surface area contributed by atoms with Gasteiger partial charge in [-0.05, 0) is 0 Å². The van der Waals surface area contributed by atoms with E-state index in [1.165, 1.54) is 0 Å². The molecular formula is C30H47N15O16. The fourth-order valence-corrected chi connectivity index (χ4v) is 3.38. The third kappa shape index (κ3) is 31.7. The molecule has 0 spiro atoms. The van der Waals surface area contributed by atoms with Crippen molar-refractivity contribution < 1.29 is 77.0 Å². The lowest BCUT2D eigenvalue weighted by Crippen LogP contribution is -2.48. The Balaban J connectivity index is 4.03. The van der Waals surface area contributed by atoms with Crippen LogP contribution in [0.1, 0.15) is 0 Å². The summed E-state index contributed by atoms with van der Waals surface area (Å²) >= 11 is 0. The molecule has 0 heterocycles. The molecule has 17 N–H and O–H groups in total. The van der Waals surface area contributed by atoms with Crippen molar-refractivity contribution in [3.8, 4) is 0 Å². The maximum absolute atomic E-state index is 11.9. The third-order valence-corrected chi connectivity index (χ3v) is 6.42. The number of aliphatic carboxylic acids is 1. The first-order valence-electron chi connectivity index (χ1n) is 17.4. The minimum Gasteiger partial charge on any atom is -0.480 e. The summed E-state index contributed by atoms with van der Waals surface area (Å²) in [5, 5.41) is 38.5. The Kier molecular flexibility index (Phi) is 27.0. The van der Waals surface area contributed by atoms with Crippen LogP contribution in [0.25, 0.3) is 0 Å². The van der Waals surface area contributed by atoms with Gasteiger partial charge in [0.25, 0.3) is 0 Å². The summed E-state index contributed by atoms with van der Waals surface area (Å²) in [5.41, 5.74) is 5.07. The molecule has 0 saturated carbocycles. The zero-order valence-corrected chi connectivity index (χ0v) is 32.3. The zero-order valence-electron chi connectivity index (χ0n) is 32.3. The minimum atomic E-state index is -1.28. The average molecular weight is 874 g/mol. The number of amides is 14. The number of carboxylic acid groups (broad SMARTS) is 1. The topological polar surface area (TPSA) is 471 Å². The first-order chi connectivity index (χ1) is 28.8. The molecule has 0 rings (SSSR count). The van der Waals surface area contributed by atoms with Crippen molar-refractivity contribution in [3.05, 3.63) is 0 Å². The highest BCUT2D eigenvalue weighted by atomic mass is 16.4. The second kappa shape index (κ2) is 31.1. The second-order valence-corrected chi connectivity index (χ2v) is 11.5. The molecule has 0 fully saturated rings. The van der Waals surface area contributed by atoms with Gasteiger partial charge in [-0.1, -0.05) is 0 Å². The molecule has 0 aliphatic heterocycles. The molecule has 14 amide bonds. The fraction of sp³-hybridized carbons (Fsp3) is 0.500. The number of hydrogen-bond donors (Lipinski definition) is 16. The molecule has 61 heavy (non-hydrogen) atoms. The first kappa shape index (κ1) is 53.0. The van der Waals surface area contributed by atoms with Gasteiger partial charge < -0.3 is 85.3 Å². The van der Waals surface area contributed by atoms with Gasteiger partial charge in [0.2, 0.25) is 82.7 Å². The molecule has 31 nitrogen and oxygen atoms in total. The third-order valence-electron chi connectivity index (χ3n) is 6.42. The molecule has 338 valence electrons. The quantitative estimate of drug-likeness (QED) is 0.0332. The van der Waals surface area contributed by atoms with Crippen LogP contribution in [-0.4, -0.2) is 192 Å². The van der Waals surface area contributed by atoms with Crippen molar-refractivity contribution in [3.63, 3.8) is 0 Å². The molecule has 0 bridgehead atoms. The standard InChI is InChI=1S/C30H47N15O16/c31-1-16(46)32-2-17(47)33-3-18(48)34-4-19(49)35-5-20(50)36-6-21(51)37-7-22(52)38-8-23(53)39-9-24(54)40-10-25(55)41-11-26(56)42-12-27(57)43-13-28(58)44-14-29(59)45-15-30(60)61/h1-15,31H2,(H,32,46)(H,33,47)(H,34,48)(H,35,49)(H,36,50)(H,37,51)(H,38,52)(H,39,53)(H,40,54)(H,41,55)(H,42,56)(H,43,57)(H,44,58)(H,45,59)(H,60,61). The Morgan fingerprint density at radius 2 is 0.344 bits per heavy atom. The summed E-state index contributed by atoms with van der Waals surface area (Å²) < 4.78 is 0. The SMILES string of the molecule is NCC(=O)NCC(=O)NCC(=O)NCC(=O)NCC(=O)NCC(=O)NCC(=O)NCC(=O)NCC(=O)NCC(=O)NCC(=O)NCC(=O)NCC(=O)NCC(=O)NCC(=O)O. The van der Waals surface area contributed by atoms with Crippen LogP contribution in [0.4, 0.5) is 0 Å². The number of hydrogen-bond acceptors (Lipinski definition) is 16. The molecule has 0 saturated heterocycles. The lowest BCUT2D eigenvalue weighted by atomic mass is 10.4. The Labute approximate surface area is 344 Å². The van der Waals surface area contributed by atoms with Gasteiger partial charge in [-0.2, -0.15) is 0 Å². The van der Waals surface area contributed by atoms with Gasteiger partial charge in [0.1, 0.15) is 6.54 Å². The maximum Gasteiger partial charge on any atom is 0.322 e. The predicted octanol–water partition coefficient (Wildman–Crippen LogP) is -13.3. The van der Waals surface area contributed by atoms with E-state index in [2.05, 4.69) is 69.1 Å². The number of carbonyl (C=O) groups is 15. The molecule has 0 aliphatic carbocycles. The zero-order chi connectivity index (χ0) is 46.2. The van der Waals surface area contributed by atoms with Crippen molar-refractivity contribution in [2.24, 2.45) is 5.73 Å². The Morgan fingerprint density at radius 3 is 0.459 bits per heavy atom. The van der Waals surface area contributed by atoms with Crippen molar-refractivity contribution >= 4 is 88.7 Å². The van der Waals surface area contributed by atoms with Gasteiger partial charge in [-0.25, -0.2) is 0 Å². The van der Waals surface area contributed by atoms with Gasteiger partial charge in [-0.3, -0.25) is 71.9 Å². The maximum atomic E-state index is 11.9. The Hall–Kier alpha value is -7.99. The average Bonchev–Trinajstić information content (AvgIpc) is 3.23. The van der Waals surface area contributed by atoms with Gasteiger partial charge in [0.05, 0.1) is 91.6 Å². The van der Waals surface area contributed by atoms with Crippen LogP contribution in [0.15, 0.2) is 0 Å². The van der Waals surface area contributed by atoms with E-state index < -0.39 is 180 Å². The van der Waals surface area contributed by atoms with Crippen molar-refractivity contribution in [1.82, 2.24) is 74.4 Å². The molecule has 31 heteroatoms. The fourth-order valence-electron chi connectivity index (χ4n) is 3.38. The van der Waals surface area contributed by atoms with Crippen molar-refractivity contribution in [2.75, 3.05) is 98.2 Å². The summed E-state index contributed by atoms with van der Waals surface area (Å²) in [6.07, 6.45) is 0. The molecule has 0 aromatic carbocycles. The van der Waals surface area contributed by atoms with E-state index in [0.717, 1.165) is 0 Å². The lowest BCUT2D eigenvalue weighted by Gasteiger charge is -2.10. The first-order valence-corrected chi connectivity index (χ1v) is 17.4. The van der Waals surface area contributed by atoms with E-state index in [1.807, 2.05) is 5.32 Å². The Bertz CT molecular complexity index is 1670. The van der Waals surface area contributed by atoms with Crippen LogP contribution in [0.3, 0.4) is 0 Å². The molecule has 0 radical (unpaired) electrons. The molecule has 0 unspecified atom stereocenters. The highest BCUT2D eigenvalue weighted by Gasteiger charge is 2.14. The molecule has 0 aromatic rings. The molecule has 0 aromatic heterocycles. The van der Waals surface area contributed by atoms with E-state index in [9.17, 15) is 71.9 Å². The minimum absolute atomic E-state index is 0.324. The van der Waals surface area contributed by atoms with Crippen LogP contribution in [0.2, 0.25) is 0 Å². The van der Waals surface area contributed by atoms with Crippen molar-refractivity contribution in [1.29, 1.82) is 0 Å².